The third-order valence-electron chi connectivity index (χ3n) is 7.91. The first kappa shape index (κ1) is 27.1. The van der Waals surface area contributed by atoms with Crippen LogP contribution in [0.3, 0.4) is 0 Å². The van der Waals surface area contributed by atoms with E-state index in [1.165, 1.54) is 45.9 Å². The predicted molar refractivity (Wildman–Crippen MR) is 142 cm³/mol. The molecule has 2 aromatic heterocycles. The first-order chi connectivity index (χ1) is 19.7. The van der Waals surface area contributed by atoms with E-state index in [2.05, 4.69) is 10.3 Å². The first-order valence-electron chi connectivity index (χ1n) is 13.3. The number of nitrogens with zero attached hydrogens (tertiary/aromatic N) is 3. The highest BCUT2D eigenvalue weighted by Gasteiger charge is 2.38. The van der Waals surface area contributed by atoms with Crippen LogP contribution in [0.15, 0.2) is 48.7 Å². The molecule has 4 aromatic rings. The van der Waals surface area contributed by atoms with E-state index in [4.69, 9.17) is 9.47 Å². The average Bonchev–Trinajstić information content (AvgIpc) is 3.34. The number of hydrogen-bond acceptors (Lipinski definition) is 5. The fraction of sp³-hybridized carbons (Fsp3) is 0.333. The topological polar surface area (TPSA) is 68.1 Å². The maximum Gasteiger partial charge on any atom is 0.416 e. The van der Waals surface area contributed by atoms with Crippen molar-refractivity contribution in [2.45, 2.75) is 38.5 Å². The predicted octanol–water partition coefficient (Wildman–Crippen LogP) is 5.01. The highest BCUT2D eigenvalue weighted by Crippen LogP contribution is 2.39. The zero-order valence-electron chi connectivity index (χ0n) is 22.5. The van der Waals surface area contributed by atoms with Gasteiger partial charge in [0.2, 0.25) is 0 Å². The van der Waals surface area contributed by atoms with Crippen LogP contribution >= 0.6 is 0 Å². The van der Waals surface area contributed by atoms with Crippen LogP contribution in [0.2, 0.25) is 0 Å². The number of amides is 1. The molecular weight excluding hydrogens is 540 g/mol. The van der Waals surface area contributed by atoms with Gasteiger partial charge in [-0.1, -0.05) is 6.07 Å². The number of rotatable bonds is 5. The van der Waals surface area contributed by atoms with E-state index < -0.39 is 23.6 Å². The summed E-state index contributed by atoms with van der Waals surface area (Å²) in [6.07, 6.45) is -2.11. The summed E-state index contributed by atoms with van der Waals surface area (Å²) >= 11 is 0. The van der Waals surface area contributed by atoms with Gasteiger partial charge in [-0.15, -0.1) is 0 Å². The Morgan fingerprint density at radius 1 is 1.15 bits per heavy atom. The normalized spacial score (nSPS) is 16.8. The van der Waals surface area contributed by atoms with Crippen LogP contribution in [-0.2, 0) is 30.4 Å². The van der Waals surface area contributed by atoms with Crippen LogP contribution in [0.1, 0.15) is 45.2 Å². The number of halogens is 4. The minimum Gasteiger partial charge on any atom is -0.497 e. The van der Waals surface area contributed by atoms with Crippen LogP contribution in [0.5, 0.6) is 11.5 Å². The lowest BCUT2D eigenvalue weighted by Gasteiger charge is -2.36. The molecule has 7 nitrogen and oxygen atoms in total. The van der Waals surface area contributed by atoms with E-state index in [1.807, 2.05) is 19.1 Å². The average molecular weight is 569 g/mol. The summed E-state index contributed by atoms with van der Waals surface area (Å²) < 4.78 is 68.4. The van der Waals surface area contributed by atoms with E-state index in [1.54, 1.807) is 6.07 Å². The van der Waals surface area contributed by atoms with Crippen LogP contribution < -0.4 is 14.8 Å². The molecule has 1 atom stereocenters. The van der Waals surface area contributed by atoms with Crippen molar-refractivity contribution in [2.75, 3.05) is 26.8 Å². The lowest BCUT2D eigenvalue weighted by molar-refractivity contribution is -0.137. The molecule has 1 unspecified atom stereocenters. The smallest absolute Gasteiger partial charge is 0.416 e. The number of carbonyl (C=O) groups is 1. The number of benzene rings is 2. The monoisotopic (exact) mass is 568 g/mol. The Bertz CT molecular complexity index is 1650. The number of pyridine rings is 1. The number of fused-ring (bicyclic) bond motifs is 4. The molecule has 0 fully saturated rings. The van der Waals surface area contributed by atoms with Crippen molar-refractivity contribution in [3.05, 3.63) is 93.7 Å². The molecule has 0 radical (unpaired) electrons. The second kappa shape index (κ2) is 10.4. The summed E-state index contributed by atoms with van der Waals surface area (Å²) in [6.45, 7) is 3.53. The molecule has 0 aliphatic carbocycles. The number of alkyl halides is 3. The van der Waals surface area contributed by atoms with Crippen molar-refractivity contribution >= 4 is 11.6 Å². The molecule has 4 heterocycles. The van der Waals surface area contributed by atoms with Gasteiger partial charge in [-0.3, -0.25) is 4.79 Å². The van der Waals surface area contributed by atoms with Crippen molar-refractivity contribution in [1.29, 1.82) is 0 Å². The minimum absolute atomic E-state index is 0.0773. The van der Waals surface area contributed by atoms with Gasteiger partial charge in [-0.05, 0) is 66.9 Å². The summed E-state index contributed by atoms with van der Waals surface area (Å²) in [5.41, 5.74) is 3.76. The van der Waals surface area contributed by atoms with E-state index >= 15 is 4.39 Å². The third-order valence-corrected chi connectivity index (χ3v) is 7.91. The second-order valence-corrected chi connectivity index (χ2v) is 10.3. The van der Waals surface area contributed by atoms with Crippen molar-refractivity contribution in [1.82, 2.24) is 19.6 Å². The number of nitrogens with one attached hydrogen (secondary N) is 1. The van der Waals surface area contributed by atoms with Gasteiger partial charge in [0.05, 0.1) is 24.1 Å². The molecule has 0 spiro atoms. The van der Waals surface area contributed by atoms with Crippen LogP contribution in [-0.4, -0.2) is 47.0 Å². The fourth-order valence-corrected chi connectivity index (χ4v) is 5.83. The minimum atomic E-state index is -4.54. The maximum atomic E-state index is 15.5. The number of aromatic nitrogens is 2. The molecule has 214 valence electrons. The molecule has 2 aliphatic heterocycles. The van der Waals surface area contributed by atoms with Crippen LogP contribution in [0, 0.1) is 12.7 Å². The Hall–Kier alpha value is -4.12. The fourth-order valence-electron chi connectivity index (χ4n) is 5.83. The Labute approximate surface area is 233 Å². The zero-order valence-corrected chi connectivity index (χ0v) is 22.5. The summed E-state index contributed by atoms with van der Waals surface area (Å²) in [6, 6.07) is 9.15. The molecule has 2 aromatic carbocycles. The lowest BCUT2D eigenvalue weighted by Crippen LogP contribution is -2.43. The Kier molecular flexibility index (Phi) is 6.85. The molecule has 41 heavy (non-hydrogen) atoms. The van der Waals surface area contributed by atoms with Gasteiger partial charge in [-0.25, -0.2) is 9.37 Å². The summed E-state index contributed by atoms with van der Waals surface area (Å²) in [7, 11) is 1.42. The van der Waals surface area contributed by atoms with Crippen LogP contribution in [0.25, 0.3) is 5.65 Å². The molecular formula is C30H28F4N4O3. The highest BCUT2D eigenvalue weighted by atomic mass is 19.4. The second-order valence-electron chi connectivity index (χ2n) is 10.3. The Morgan fingerprint density at radius 2 is 1.98 bits per heavy atom. The first-order valence-corrected chi connectivity index (χ1v) is 13.3. The quantitative estimate of drug-likeness (QED) is 0.343. The SMILES string of the molecule is COc1ccc(C2c3c(nc4cc(C(F)(F)F)ccn34)CCN2C(=O)COc2ccc3c(c2C)CCNC3)c(F)c1. The number of imidazole rings is 1. The van der Waals surface area contributed by atoms with Crippen molar-refractivity contribution < 1.29 is 31.8 Å². The molecule has 11 heteroatoms. The highest BCUT2D eigenvalue weighted by molar-refractivity contribution is 5.79. The number of hydrogen-bond donors (Lipinski definition) is 1. The van der Waals surface area contributed by atoms with Gasteiger partial charge in [0.25, 0.3) is 5.91 Å². The van der Waals surface area contributed by atoms with E-state index in [0.717, 1.165) is 37.2 Å². The Morgan fingerprint density at radius 3 is 2.73 bits per heavy atom. The van der Waals surface area contributed by atoms with Gasteiger partial charge < -0.3 is 24.1 Å². The molecule has 0 saturated carbocycles. The lowest BCUT2D eigenvalue weighted by atomic mass is 9.94. The number of ether oxygens (including phenoxy) is 2. The summed E-state index contributed by atoms with van der Waals surface area (Å²) in [5.74, 6) is -0.0775. The van der Waals surface area contributed by atoms with Gasteiger partial charge in [-0.2, -0.15) is 13.2 Å². The summed E-state index contributed by atoms with van der Waals surface area (Å²) in [4.78, 5) is 19.7. The standard InChI is InChI=1S/C30H28F4N4O3/c1-17-21-7-10-35-15-18(21)3-6-25(17)41-16-27(39)38-12-9-24-29(28(38)22-5-4-20(40-2)14-23(22)31)37-11-8-19(30(32,33)34)13-26(37)36-24/h3-6,8,11,13-14,28,35H,7,9-10,12,15-16H2,1-2H3. The number of methoxy groups -OCH3 is 1. The van der Waals surface area contributed by atoms with E-state index in [0.29, 0.717) is 29.3 Å². The van der Waals surface area contributed by atoms with Gasteiger partial charge >= 0.3 is 6.18 Å². The zero-order chi connectivity index (χ0) is 28.9. The number of carbonyl (C=O) groups excluding carboxylic acids is 1. The largest absolute Gasteiger partial charge is 0.497 e. The van der Waals surface area contributed by atoms with Crippen molar-refractivity contribution in [3.63, 3.8) is 0 Å². The molecule has 1 amide bonds. The van der Waals surface area contributed by atoms with Gasteiger partial charge in [0.1, 0.15) is 29.0 Å². The maximum absolute atomic E-state index is 15.5. The van der Waals surface area contributed by atoms with E-state index in [9.17, 15) is 18.0 Å². The summed E-state index contributed by atoms with van der Waals surface area (Å²) in [5, 5.41) is 3.34. The third kappa shape index (κ3) is 4.88. The van der Waals surface area contributed by atoms with Crippen molar-refractivity contribution in [2.24, 2.45) is 0 Å². The van der Waals surface area contributed by atoms with Gasteiger partial charge in [0, 0.05) is 37.3 Å². The molecule has 2 aliphatic rings. The molecule has 0 saturated heterocycles. The van der Waals surface area contributed by atoms with E-state index in [-0.39, 0.29) is 30.3 Å². The van der Waals surface area contributed by atoms with Gasteiger partial charge in [0.15, 0.2) is 6.61 Å². The van der Waals surface area contributed by atoms with Crippen LogP contribution in [0.4, 0.5) is 17.6 Å². The molecule has 6 rings (SSSR count). The van der Waals surface area contributed by atoms with Crippen molar-refractivity contribution in [3.8, 4) is 11.5 Å². The Balaban J connectivity index is 1.37. The molecule has 1 N–H and O–H groups in total. The molecule has 0 bridgehead atoms.